The van der Waals surface area contributed by atoms with Gasteiger partial charge in [-0.1, -0.05) is 15.9 Å². The Balaban J connectivity index is 1.69. The minimum absolute atomic E-state index is 0.0458. The monoisotopic (exact) mass is 350 g/mol. The zero-order valence-corrected chi connectivity index (χ0v) is 12.9. The van der Waals surface area contributed by atoms with Crippen LogP contribution < -0.4 is 5.32 Å². The highest BCUT2D eigenvalue weighted by atomic mass is 79.9. The Morgan fingerprint density at radius 3 is 2.86 bits per heavy atom. The van der Waals surface area contributed by atoms with E-state index < -0.39 is 11.8 Å². The smallest absolute Gasteiger partial charge is 0.254 e. The predicted octanol–water partition coefficient (Wildman–Crippen LogP) is 1.29. The summed E-state index contributed by atoms with van der Waals surface area (Å²) in [6.07, 6.45) is 1.69. The second-order valence-electron chi connectivity index (χ2n) is 5.45. The fourth-order valence-electron chi connectivity index (χ4n) is 3.04. The number of nitrogens with zero attached hydrogens (tertiary/aromatic N) is 1. The van der Waals surface area contributed by atoms with Gasteiger partial charge in [-0.25, -0.2) is 0 Å². The summed E-state index contributed by atoms with van der Waals surface area (Å²) in [4.78, 5) is 36.2. The Morgan fingerprint density at radius 1 is 1.38 bits per heavy atom. The lowest BCUT2D eigenvalue weighted by atomic mass is 9.97. The summed E-state index contributed by atoms with van der Waals surface area (Å²) in [6.45, 7) is 1.15. The van der Waals surface area contributed by atoms with E-state index in [-0.39, 0.29) is 11.9 Å². The molecule has 1 saturated heterocycles. The molecule has 1 aromatic rings. The van der Waals surface area contributed by atoms with Crippen LogP contribution in [0.5, 0.6) is 0 Å². The summed E-state index contributed by atoms with van der Waals surface area (Å²) in [5, 5.41) is 3.07. The molecule has 2 aliphatic heterocycles. The molecular weight excluding hydrogens is 336 g/mol. The maximum atomic E-state index is 12.4. The number of rotatable bonds is 3. The molecule has 0 saturated carbocycles. The van der Waals surface area contributed by atoms with Crippen LogP contribution in [0.4, 0.5) is 0 Å². The highest BCUT2D eigenvalue weighted by Crippen LogP contribution is 2.29. The fraction of sp³-hybridized carbons (Fsp3) is 0.400. The van der Waals surface area contributed by atoms with Crippen molar-refractivity contribution >= 4 is 33.9 Å². The molecule has 0 bridgehead atoms. The van der Waals surface area contributed by atoms with Gasteiger partial charge in [0, 0.05) is 29.2 Å². The van der Waals surface area contributed by atoms with Crippen LogP contribution in [0.2, 0.25) is 0 Å². The minimum atomic E-state index is -0.409. The number of fused-ring (bicyclic) bond motifs is 1. The first kappa shape index (κ1) is 14.4. The third-order valence-electron chi connectivity index (χ3n) is 4.19. The number of Topliss-reactive ketones (excluding diaryl/α,β-unsaturated/α-hetero) is 1. The van der Waals surface area contributed by atoms with E-state index in [1.165, 1.54) is 0 Å². The van der Waals surface area contributed by atoms with E-state index in [0.717, 1.165) is 22.0 Å². The summed E-state index contributed by atoms with van der Waals surface area (Å²) in [5.74, 6) is -0.363. The van der Waals surface area contributed by atoms with Crippen molar-refractivity contribution in [1.29, 1.82) is 0 Å². The second-order valence-corrected chi connectivity index (χ2v) is 6.36. The number of aldehydes is 1. The van der Waals surface area contributed by atoms with Crippen molar-refractivity contribution in [2.75, 3.05) is 6.54 Å². The molecule has 1 aromatic carbocycles. The van der Waals surface area contributed by atoms with Crippen molar-refractivity contribution in [2.45, 2.75) is 31.5 Å². The van der Waals surface area contributed by atoms with Gasteiger partial charge in [0.15, 0.2) is 6.29 Å². The summed E-state index contributed by atoms with van der Waals surface area (Å²) in [6, 6.07) is 5.37. The molecule has 5 nitrogen and oxygen atoms in total. The highest BCUT2D eigenvalue weighted by Gasteiger charge is 2.35. The summed E-state index contributed by atoms with van der Waals surface area (Å²) in [7, 11) is 0. The van der Waals surface area contributed by atoms with Crippen LogP contribution in [0, 0.1) is 0 Å². The molecular formula is C15H15BrN2O3. The first-order valence-corrected chi connectivity index (χ1v) is 7.71. The zero-order valence-electron chi connectivity index (χ0n) is 11.3. The van der Waals surface area contributed by atoms with Crippen molar-refractivity contribution in [3.05, 3.63) is 33.8 Å². The van der Waals surface area contributed by atoms with Crippen molar-refractivity contribution < 1.29 is 14.4 Å². The van der Waals surface area contributed by atoms with E-state index in [9.17, 15) is 14.4 Å². The van der Waals surface area contributed by atoms with Crippen molar-refractivity contribution in [2.24, 2.45) is 0 Å². The van der Waals surface area contributed by atoms with Gasteiger partial charge in [0.1, 0.15) is 0 Å². The van der Waals surface area contributed by atoms with Crippen LogP contribution in [-0.4, -0.2) is 41.5 Å². The van der Waals surface area contributed by atoms with Gasteiger partial charge < -0.3 is 10.2 Å². The third-order valence-corrected chi connectivity index (χ3v) is 4.68. The van der Waals surface area contributed by atoms with Crippen LogP contribution in [0.1, 0.15) is 28.8 Å². The number of ketones is 1. The topological polar surface area (TPSA) is 66.5 Å². The quantitative estimate of drug-likeness (QED) is 0.659. The Labute approximate surface area is 130 Å². The number of hydrogen-bond donors (Lipinski definition) is 1. The summed E-state index contributed by atoms with van der Waals surface area (Å²) >= 11 is 3.42. The lowest BCUT2D eigenvalue weighted by molar-refractivity contribution is -0.131. The van der Waals surface area contributed by atoms with Crippen LogP contribution >= 0.6 is 15.9 Å². The van der Waals surface area contributed by atoms with Gasteiger partial charge >= 0.3 is 0 Å². The van der Waals surface area contributed by atoms with Gasteiger partial charge in [-0.3, -0.25) is 14.4 Å². The molecule has 1 N–H and O–H groups in total. The standard InChI is InChI=1S/C15H15BrN2O3/c16-10-1-3-12-9(5-10)7-18(15(12)21)11-2-4-13(17-6-11)14(20)8-19/h1,3,5,8,11,13,17H,2,4,6-7H2. The van der Waals surface area contributed by atoms with Crippen LogP contribution in [0.15, 0.2) is 22.7 Å². The molecule has 0 spiro atoms. The molecule has 2 heterocycles. The number of carbonyl (C=O) groups is 3. The molecule has 0 aliphatic carbocycles. The summed E-state index contributed by atoms with van der Waals surface area (Å²) < 4.78 is 0.967. The van der Waals surface area contributed by atoms with Crippen LogP contribution in [-0.2, 0) is 16.1 Å². The van der Waals surface area contributed by atoms with Crippen molar-refractivity contribution in [3.8, 4) is 0 Å². The van der Waals surface area contributed by atoms with Gasteiger partial charge in [-0.2, -0.15) is 0 Å². The lowest BCUT2D eigenvalue weighted by Gasteiger charge is -2.34. The summed E-state index contributed by atoms with van der Waals surface area (Å²) in [5.41, 5.74) is 1.78. The first-order chi connectivity index (χ1) is 10.1. The van der Waals surface area contributed by atoms with E-state index in [2.05, 4.69) is 21.2 Å². The van der Waals surface area contributed by atoms with E-state index in [1.54, 1.807) is 0 Å². The number of piperidine rings is 1. The number of nitrogens with one attached hydrogen (secondary N) is 1. The molecule has 110 valence electrons. The van der Waals surface area contributed by atoms with Gasteiger partial charge in [0.05, 0.1) is 6.04 Å². The molecule has 0 aromatic heterocycles. The maximum absolute atomic E-state index is 12.4. The number of benzene rings is 1. The van der Waals surface area contributed by atoms with Gasteiger partial charge in [-0.15, -0.1) is 0 Å². The van der Waals surface area contributed by atoms with Crippen LogP contribution in [0.3, 0.4) is 0 Å². The molecule has 0 radical (unpaired) electrons. The second kappa shape index (κ2) is 5.69. The van der Waals surface area contributed by atoms with Gasteiger partial charge in [0.2, 0.25) is 5.78 Å². The number of halogens is 1. The Bertz CT molecular complexity index is 609. The number of amides is 1. The van der Waals surface area contributed by atoms with E-state index in [0.29, 0.717) is 25.8 Å². The average Bonchev–Trinajstić information content (AvgIpc) is 2.83. The van der Waals surface area contributed by atoms with Crippen molar-refractivity contribution in [3.63, 3.8) is 0 Å². The Kier molecular flexibility index (Phi) is 3.91. The molecule has 21 heavy (non-hydrogen) atoms. The van der Waals surface area contributed by atoms with Crippen LogP contribution in [0.25, 0.3) is 0 Å². The van der Waals surface area contributed by atoms with Crippen molar-refractivity contribution in [1.82, 2.24) is 10.2 Å². The Hall–Kier alpha value is -1.53. The third kappa shape index (κ3) is 2.65. The zero-order chi connectivity index (χ0) is 15.0. The highest BCUT2D eigenvalue weighted by molar-refractivity contribution is 9.10. The fourth-order valence-corrected chi connectivity index (χ4v) is 3.45. The molecule has 1 fully saturated rings. The molecule has 2 atom stereocenters. The van der Waals surface area contributed by atoms with E-state index >= 15 is 0 Å². The molecule has 6 heteroatoms. The van der Waals surface area contributed by atoms with E-state index in [4.69, 9.17) is 0 Å². The molecule has 3 rings (SSSR count). The first-order valence-electron chi connectivity index (χ1n) is 6.92. The van der Waals surface area contributed by atoms with Gasteiger partial charge in [-0.05, 0) is 36.6 Å². The molecule has 2 aliphatic rings. The largest absolute Gasteiger partial charge is 0.330 e. The van der Waals surface area contributed by atoms with E-state index in [1.807, 2.05) is 23.1 Å². The number of hydrogen-bond acceptors (Lipinski definition) is 4. The average molecular weight is 351 g/mol. The maximum Gasteiger partial charge on any atom is 0.254 e. The molecule has 2 unspecified atom stereocenters. The van der Waals surface area contributed by atoms with Gasteiger partial charge in [0.25, 0.3) is 5.91 Å². The molecule has 1 amide bonds. The lowest BCUT2D eigenvalue weighted by Crippen LogP contribution is -2.52. The normalized spacial score (nSPS) is 24.8. The SMILES string of the molecule is O=CC(=O)C1CCC(N2Cc3cc(Br)ccc3C2=O)CN1. The predicted molar refractivity (Wildman–Crippen MR) is 79.9 cm³/mol. The Morgan fingerprint density at radius 2 is 2.19 bits per heavy atom. The minimum Gasteiger partial charge on any atom is -0.330 e. The number of carbonyl (C=O) groups excluding carboxylic acids is 3.